The SMILES string of the molecule is C=C(NN)OCCc1ccc(NC)cc1. The van der Waals surface area contributed by atoms with Gasteiger partial charge in [-0.3, -0.25) is 5.43 Å². The highest BCUT2D eigenvalue weighted by atomic mass is 16.5. The second-order valence-corrected chi connectivity index (χ2v) is 3.11. The molecule has 0 aliphatic carbocycles. The summed E-state index contributed by atoms with van der Waals surface area (Å²) in [5.41, 5.74) is 4.67. The van der Waals surface area contributed by atoms with Gasteiger partial charge in [0, 0.05) is 19.2 Å². The van der Waals surface area contributed by atoms with Crippen LogP contribution in [0.1, 0.15) is 5.56 Å². The van der Waals surface area contributed by atoms with Crippen LogP contribution in [0.15, 0.2) is 36.7 Å². The molecule has 4 nitrogen and oxygen atoms in total. The molecule has 0 amide bonds. The van der Waals surface area contributed by atoms with E-state index in [-0.39, 0.29) is 0 Å². The molecule has 4 N–H and O–H groups in total. The summed E-state index contributed by atoms with van der Waals surface area (Å²) in [6.45, 7) is 4.13. The average molecular weight is 207 g/mol. The van der Waals surface area contributed by atoms with E-state index >= 15 is 0 Å². The first kappa shape index (κ1) is 11.4. The second kappa shape index (κ2) is 5.93. The molecule has 82 valence electrons. The number of nitrogens with one attached hydrogen (secondary N) is 2. The van der Waals surface area contributed by atoms with Gasteiger partial charge in [0.05, 0.1) is 6.61 Å². The van der Waals surface area contributed by atoms with Crippen LogP contribution in [-0.2, 0) is 11.2 Å². The Kier molecular flexibility index (Phi) is 4.50. The molecule has 0 unspecified atom stereocenters. The maximum atomic E-state index is 5.21. The van der Waals surface area contributed by atoms with Crippen LogP contribution in [0.5, 0.6) is 0 Å². The van der Waals surface area contributed by atoms with Gasteiger partial charge in [-0.05, 0) is 24.3 Å². The van der Waals surface area contributed by atoms with E-state index in [2.05, 4.69) is 29.5 Å². The van der Waals surface area contributed by atoms with Gasteiger partial charge in [0.25, 0.3) is 0 Å². The molecular formula is C11H17N3O. The Labute approximate surface area is 90.1 Å². The molecule has 0 fully saturated rings. The number of hydrogen-bond donors (Lipinski definition) is 3. The lowest BCUT2D eigenvalue weighted by Gasteiger charge is -2.08. The third-order valence-corrected chi connectivity index (χ3v) is 2.07. The number of anilines is 1. The van der Waals surface area contributed by atoms with Crippen molar-refractivity contribution in [2.24, 2.45) is 5.84 Å². The van der Waals surface area contributed by atoms with Crippen molar-refractivity contribution in [3.05, 3.63) is 42.3 Å². The summed E-state index contributed by atoms with van der Waals surface area (Å²) in [6.07, 6.45) is 0.838. The molecular weight excluding hydrogens is 190 g/mol. The molecule has 0 saturated carbocycles. The van der Waals surface area contributed by atoms with Crippen molar-refractivity contribution in [3.63, 3.8) is 0 Å². The van der Waals surface area contributed by atoms with E-state index < -0.39 is 0 Å². The largest absolute Gasteiger partial charge is 0.478 e. The molecule has 1 rings (SSSR count). The van der Waals surface area contributed by atoms with Gasteiger partial charge < -0.3 is 10.1 Å². The van der Waals surface area contributed by atoms with Gasteiger partial charge in [-0.1, -0.05) is 12.1 Å². The van der Waals surface area contributed by atoms with E-state index in [0.717, 1.165) is 12.1 Å². The fourth-order valence-electron chi connectivity index (χ4n) is 1.17. The van der Waals surface area contributed by atoms with Crippen LogP contribution in [0, 0.1) is 0 Å². The minimum Gasteiger partial charge on any atom is -0.478 e. The summed E-state index contributed by atoms with van der Waals surface area (Å²) >= 11 is 0. The van der Waals surface area contributed by atoms with Crippen molar-refractivity contribution >= 4 is 5.69 Å². The molecule has 0 radical (unpaired) electrons. The molecule has 15 heavy (non-hydrogen) atoms. The minimum atomic E-state index is 0.391. The first-order chi connectivity index (χ1) is 7.26. The Bertz CT molecular complexity index is 308. The van der Waals surface area contributed by atoms with E-state index in [9.17, 15) is 0 Å². The zero-order chi connectivity index (χ0) is 11.1. The average Bonchev–Trinajstić information content (AvgIpc) is 2.29. The first-order valence-corrected chi connectivity index (χ1v) is 4.81. The Morgan fingerprint density at radius 1 is 1.40 bits per heavy atom. The van der Waals surface area contributed by atoms with Gasteiger partial charge >= 0.3 is 0 Å². The maximum Gasteiger partial charge on any atom is 0.193 e. The molecule has 0 saturated heterocycles. The zero-order valence-corrected chi connectivity index (χ0v) is 8.92. The summed E-state index contributed by atoms with van der Waals surface area (Å²) in [5, 5.41) is 3.07. The van der Waals surface area contributed by atoms with Gasteiger partial charge in [-0.2, -0.15) is 0 Å². The van der Waals surface area contributed by atoms with Gasteiger partial charge in [0.2, 0.25) is 0 Å². The number of hydrazine groups is 1. The van der Waals surface area contributed by atoms with Crippen molar-refractivity contribution in [2.75, 3.05) is 19.0 Å². The number of ether oxygens (including phenoxy) is 1. The fourth-order valence-corrected chi connectivity index (χ4v) is 1.17. The molecule has 4 heteroatoms. The quantitative estimate of drug-likeness (QED) is 0.373. The molecule has 1 aromatic rings. The van der Waals surface area contributed by atoms with E-state index in [0.29, 0.717) is 12.5 Å². The highest BCUT2D eigenvalue weighted by Crippen LogP contribution is 2.09. The minimum absolute atomic E-state index is 0.391. The smallest absolute Gasteiger partial charge is 0.193 e. The van der Waals surface area contributed by atoms with Crippen LogP contribution in [0.3, 0.4) is 0 Å². The number of hydrogen-bond acceptors (Lipinski definition) is 4. The number of benzene rings is 1. The number of nitrogens with two attached hydrogens (primary N) is 1. The monoisotopic (exact) mass is 207 g/mol. The highest BCUT2D eigenvalue weighted by Gasteiger charge is 1.95. The number of rotatable bonds is 6. The van der Waals surface area contributed by atoms with Crippen LogP contribution in [0.2, 0.25) is 0 Å². The van der Waals surface area contributed by atoms with E-state index in [4.69, 9.17) is 10.6 Å². The van der Waals surface area contributed by atoms with Gasteiger partial charge in [-0.15, -0.1) is 0 Å². The van der Waals surface area contributed by atoms with Crippen molar-refractivity contribution in [1.82, 2.24) is 5.43 Å². The third-order valence-electron chi connectivity index (χ3n) is 2.07. The predicted molar refractivity (Wildman–Crippen MR) is 62.1 cm³/mol. The Balaban J connectivity index is 2.34. The van der Waals surface area contributed by atoms with Crippen molar-refractivity contribution < 1.29 is 4.74 Å². The van der Waals surface area contributed by atoms with Crippen LogP contribution < -0.4 is 16.6 Å². The predicted octanol–water partition coefficient (Wildman–Crippen LogP) is 1.22. The Hall–Kier alpha value is -1.68. The van der Waals surface area contributed by atoms with Crippen LogP contribution in [0.25, 0.3) is 0 Å². The maximum absolute atomic E-state index is 5.21. The molecule has 1 aromatic carbocycles. The summed E-state index contributed by atoms with van der Waals surface area (Å²) in [5.74, 6) is 5.50. The van der Waals surface area contributed by atoms with Crippen molar-refractivity contribution in [3.8, 4) is 0 Å². The Morgan fingerprint density at radius 2 is 2.07 bits per heavy atom. The molecule has 0 heterocycles. The molecule has 0 aliphatic rings. The standard InChI is InChI=1S/C11H17N3O/c1-9(14-12)15-8-7-10-3-5-11(13-2)6-4-10/h3-6,13-14H,1,7-8,12H2,2H3. The lowest BCUT2D eigenvalue weighted by molar-refractivity contribution is 0.196. The lowest BCUT2D eigenvalue weighted by Crippen LogP contribution is -2.22. The fraction of sp³-hybridized carbons (Fsp3) is 0.273. The van der Waals surface area contributed by atoms with E-state index in [1.807, 2.05) is 19.2 Å². The molecule has 0 spiro atoms. The zero-order valence-electron chi connectivity index (χ0n) is 8.92. The lowest BCUT2D eigenvalue weighted by atomic mass is 10.1. The highest BCUT2D eigenvalue weighted by molar-refractivity contribution is 5.43. The topological polar surface area (TPSA) is 59.3 Å². The van der Waals surface area contributed by atoms with Crippen molar-refractivity contribution in [2.45, 2.75) is 6.42 Å². The Morgan fingerprint density at radius 3 is 2.60 bits per heavy atom. The third kappa shape index (κ3) is 3.91. The first-order valence-electron chi connectivity index (χ1n) is 4.81. The summed E-state index contributed by atoms with van der Waals surface area (Å²) in [4.78, 5) is 0. The van der Waals surface area contributed by atoms with E-state index in [1.165, 1.54) is 5.56 Å². The van der Waals surface area contributed by atoms with Crippen LogP contribution in [0.4, 0.5) is 5.69 Å². The molecule has 0 aliphatic heterocycles. The molecule has 0 bridgehead atoms. The van der Waals surface area contributed by atoms with Gasteiger partial charge in [-0.25, -0.2) is 5.84 Å². The molecule has 0 atom stereocenters. The van der Waals surface area contributed by atoms with Crippen LogP contribution >= 0.6 is 0 Å². The van der Waals surface area contributed by atoms with Crippen molar-refractivity contribution in [1.29, 1.82) is 0 Å². The second-order valence-electron chi connectivity index (χ2n) is 3.11. The van der Waals surface area contributed by atoms with Gasteiger partial charge in [0.1, 0.15) is 0 Å². The normalized spacial score (nSPS) is 9.47. The van der Waals surface area contributed by atoms with Gasteiger partial charge in [0.15, 0.2) is 5.88 Å². The molecule has 0 aromatic heterocycles. The summed E-state index contributed by atoms with van der Waals surface area (Å²) in [7, 11) is 1.90. The summed E-state index contributed by atoms with van der Waals surface area (Å²) in [6, 6.07) is 8.19. The summed E-state index contributed by atoms with van der Waals surface area (Å²) < 4.78 is 5.21. The van der Waals surface area contributed by atoms with E-state index in [1.54, 1.807) is 0 Å². The van der Waals surface area contributed by atoms with Crippen LogP contribution in [-0.4, -0.2) is 13.7 Å².